The zero-order valence-electron chi connectivity index (χ0n) is 10.9. The molecule has 0 unspecified atom stereocenters. The summed E-state index contributed by atoms with van der Waals surface area (Å²) in [5, 5.41) is 5.19. The van der Waals surface area contributed by atoms with Gasteiger partial charge in [-0.25, -0.2) is 4.98 Å². The number of rotatable bonds is 6. The van der Waals surface area contributed by atoms with Crippen molar-refractivity contribution < 1.29 is 18.0 Å². The summed E-state index contributed by atoms with van der Waals surface area (Å²) in [6.45, 7) is 2.57. The van der Waals surface area contributed by atoms with Gasteiger partial charge in [0.25, 0.3) is 0 Å². The number of alkyl halides is 3. The first-order chi connectivity index (χ1) is 9.34. The largest absolute Gasteiger partial charge is 0.419 e. The van der Waals surface area contributed by atoms with Crippen LogP contribution in [0.1, 0.15) is 25.3 Å². The van der Waals surface area contributed by atoms with Crippen molar-refractivity contribution in [3.8, 4) is 0 Å². The Morgan fingerprint density at radius 1 is 1.40 bits per heavy atom. The number of anilines is 1. The number of pyridine rings is 1. The van der Waals surface area contributed by atoms with Crippen LogP contribution in [0.2, 0.25) is 0 Å². The van der Waals surface area contributed by atoms with Crippen LogP contribution in [-0.4, -0.2) is 24.0 Å². The minimum atomic E-state index is -4.50. The number of nitrogens with one attached hydrogen (secondary N) is 2. The lowest BCUT2D eigenvalue weighted by atomic mass is 10.2. The van der Waals surface area contributed by atoms with Gasteiger partial charge in [-0.2, -0.15) is 13.2 Å². The second kappa shape index (κ2) is 7.47. The molecule has 1 aromatic heterocycles. The average Bonchev–Trinajstić information content (AvgIpc) is 2.37. The summed E-state index contributed by atoms with van der Waals surface area (Å²) in [4.78, 5) is 15.0. The minimum Gasteiger partial charge on any atom is -0.369 e. The molecule has 0 fully saturated rings. The highest BCUT2D eigenvalue weighted by Gasteiger charge is 2.34. The van der Waals surface area contributed by atoms with Crippen LogP contribution in [-0.2, 0) is 11.0 Å². The van der Waals surface area contributed by atoms with Gasteiger partial charge in [0.15, 0.2) is 0 Å². The first-order valence-electron chi connectivity index (χ1n) is 6.08. The fraction of sp³-hybridized carbons (Fsp3) is 0.500. The van der Waals surface area contributed by atoms with Gasteiger partial charge in [-0.1, -0.05) is 6.92 Å². The molecular formula is C12H15BrF3N3O. The number of hydrogen-bond acceptors (Lipinski definition) is 3. The lowest BCUT2D eigenvalue weighted by molar-refractivity contribution is -0.137. The molecule has 8 heteroatoms. The lowest BCUT2D eigenvalue weighted by Gasteiger charge is -2.13. The summed E-state index contributed by atoms with van der Waals surface area (Å²) in [5.74, 6) is -0.478. The second-order valence-corrected chi connectivity index (χ2v) is 4.99. The SMILES string of the molecule is CCCNC(=O)CCNc1ncc(Br)cc1C(F)(F)F. The summed E-state index contributed by atoms with van der Waals surface area (Å²) in [6, 6.07) is 0.951. The van der Waals surface area contributed by atoms with Crippen molar-refractivity contribution >= 4 is 27.7 Å². The monoisotopic (exact) mass is 353 g/mol. The number of carbonyl (C=O) groups is 1. The van der Waals surface area contributed by atoms with Gasteiger partial charge in [-0.3, -0.25) is 4.79 Å². The fourth-order valence-electron chi connectivity index (χ4n) is 1.44. The molecule has 2 N–H and O–H groups in total. The summed E-state index contributed by atoms with van der Waals surface area (Å²) in [5.41, 5.74) is -0.860. The molecule has 1 aromatic rings. The number of hydrogen-bond donors (Lipinski definition) is 2. The Bertz CT molecular complexity index is 466. The molecule has 1 heterocycles. The Balaban J connectivity index is 2.62. The third-order valence-electron chi connectivity index (χ3n) is 2.38. The van der Waals surface area contributed by atoms with E-state index in [0.717, 1.165) is 12.5 Å². The van der Waals surface area contributed by atoms with Crippen molar-refractivity contribution in [3.05, 3.63) is 22.3 Å². The van der Waals surface area contributed by atoms with Gasteiger partial charge in [-0.15, -0.1) is 0 Å². The molecule has 0 saturated heterocycles. The van der Waals surface area contributed by atoms with Crippen LogP contribution in [0.3, 0.4) is 0 Å². The zero-order valence-corrected chi connectivity index (χ0v) is 12.4. The van der Waals surface area contributed by atoms with Crippen molar-refractivity contribution in [2.24, 2.45) is 0 Å². The maximum atomic E-state index is 12.8. The number of halogens is 4. The van der Waals surface area contributed by atoms with Crippen molar-refractivity contribution in [2.75, 3.05) is 18.4 Å². The molecule has 0 spiro atoms. The lowest BCUT2D eigenvalue weighted by Crippen LogP contribution is -2.26. The standard InChI is InChI=1S/C12H15BrF3N3O/c1-2-4-17-10(20)3-5-18-11-9(12(14,15)16)6-8(13)7-19-11/h6-7H,2-5H2,1H3,(H,17,20)(H,18,19). The van der Waals surface area contributed by atoms with Crippen molar-refractivity contribution in [1.29, 1.82) is 0 Å². The number of amides is 1. The molecular weight excluding hydrogens is 339 g/mol. The van der Waals surface area contributed by atoms with Crippen LogP contribution in [0.4, 0.5) is 19.0 Å². The molecule has 0 bridgehead atoms. The highest BCUT2D eigenvalue weighted by molar-refractivity contribution is 9.10. The second-order valence-electron chi connectivity index (χ2n) is 4.07. The van der Waals surface area contributed by atoms with E-state index in [9.17, 15) is 18.0 Å². The number of aromatic nitrogens is 1. The van der Waals surface area contributed by atoms with E-state index in [-0.39, 0.29) is 29.2 Å². The molecule has 112 valence electrons. The van der Waals surface area contributed by atoms with Gasteiger partial charge in [0.2, 0.25) is 5.91 Å². The normalized spacial score (nSPS) is 11.2. The van der Waals surface area contributed by atoms with E-state index >= 15 is 0 Å². The van der Waals surface area contributed by atoms with E-state index in [1.165, 1.54) is 6.20 Å². The quantitative estimate of drug-likeness (QED) is 0.825. The van der Waals surface area contributed by atoms with Gasteiger partial charge in [0, 0.05) is 30.2 Å². The molecule has 1 amide bonds. The first kappa shape index (κ1) is 16.7. The molecule has 0 atom stereocenters. The predicted molar refractivity (Wildman–Crippen MR) is 73.3 cm³/mol. The molecule has 20 heavy (non-hydrogen) atoms. The zero-order chi connectivity index (χ0) is 15.2. The number of nitrogens with zero attached hydrogens (tertiary/aromatic N) is 1. The Morgan fingerprint density at radius 3 is 2.70 bits per heavy atom. The maximum Gasteiger partial charge on any atom is 0.419 e. The number of carbonyl (C=O) groups excluding carboxylic acids is 1. The molecule has 4 nitrogen and oxygen atoms in total. The van der Waals surface area contributed by atoms with E-state index in [1.807, 2.05) is 6.92 Å². The van der Waals surface area contributed by atoms with E-state index < -0.39 is 11.7 Å². The average molecular weight is 354 g/mol. The Kier molecular flexibility index (Phi) is 6.25. The first-order valence-corrected chi connectivity index (χ1v) is 6.87. The van der Waals surface area contributed by atoms with E-state index in [4.69, 9.17) is 0 Å². The van der Waals surface area contributed by atoms with Gasteiger partial charge in [-0.05, 0) is 28.4 Å². The molecule has 0 aliphatic carbocycles. The van der Waals surface area contributed by atoms with Crippen LogP contribution >= 0.6 is 15.9 Å². The topological polar surface area (TPSA) is 54.0 Å². The molecule has 0 aliphatic rings. The highest BCUT2D eigenvalue weighted by atomic mass is 79.9. The Labute approximate surface area is 123 Å². The van der Waals surface area contributed by atoms with Crippen LogP contribution in [0.25, 0.3) is 0 Å². The maximum absolute atomic E-state index is 12.8. The van der Waals surface area contributed by atoms with E-state index in [0.29, 0.717) is 6.54 Å². The highest BCUT2D eigenvalue weighted by Crippen LogP contribution is 2.35. The van der Waals surface area contributed by atoms with Crippen LogP contribution in [0.15, 0.2) is 16.7 Å². The Morgan fingerprint density at radius 2 is 2.10 bits per heavy atom. The summed E-state index contributed by atoms with van der Waals surface area (Å²) >= 11 is 2.95. The third kappa shape index (κ3) is 5.36. The molecule has 0 radical (unpaired) electrons. The van der Waals surface area contributed by atoms with E-state index in [2.05, 4.69) is 31.5 Å². The Hall–Kier alpha value is -1.31. The van der Waals surface area contributed by atoms with Gasteiger partial charge in [0.05, 0.1) is 5.56 Å². The van der Waals surface area contributed by atoms with Crippen molar-refractivity contribution in [2.45, 2.75) is 25.9 Å². The van der Waals surface area contributed by atoms with Gasteiger partial charge >= 0.3 is 6.18 Å². The van der Waals surface area contributed by atoms with Crippen molar-refractivity contribution in [1.82, 2.24) is 10.3 Å². The summed E-state index contributed by atoms with van der Waals surface area (Å²) in [6.07, 6.45) is -2.32. The third-order valence-corrected chi connectivity index (χ3v) is 2.81. The molecule has 0 saturated carbocycles. The van der Waals surface area contributed by atoms with E-state index in [1.54, 1.807) is 0 Å². The minimum absolute atomic E-state index is 0.0905. The van der Waals surface area contributed by atoms with Crippen molar-refractivity contribution in [3.63, 3.8) is 0 Å². The predicted octanol–water partition coefficient (Wildman–Crippen LogP) is 3.19. The molecule has 0 aromatic carbocycles. The fourth-order valence-corrected chi connectivity index (χ4v) is 1.77. The van der Waals surface area contributed by atoms with Crippen LogP contribution < -0.4 is 10.6 Å². The van der Waals surface area contributed by atoms with Crippen LogP contribution in [0.5, 0.6) is 0 Å². The molecule has 1 rings (SSSR count). The van der Waals surface area contributed by atoms with Gasteiger partial charge < -0.3 is 10.6 Å². The van der Waals surface area contributed by atoms with Crippen LogP contribution in [0, 0.1) is 0 Å². The summed E-state index contributed by atoms with van der Waals surface area (Å²) < 4.78 is 38.6. The smallest absolute Gasteiger partial charge is 0.369 e. The molecule has 0 aliphatic heterocycles. The summed E-state index contributed by atoms with van der Waals surface area (Å²) in [7, 11) is 0. The van der Waals surface area contributed by atoms with Gasteiger partial charge in [0.1, 0.15) is 5.82 Å².